The van der Waals surface area contributed by atoms with Crippen molar-refractivity contribution in [3.8, 4) is 0 Å². The van der Waals surface area contributed by atoms with Crippen molar-refractivity contribution in [3.63, 3.8) is 0 Å². The summed E-state index contributed by atoms with van der Waals surface area (Å²) >= 11 is 5.70. The van der Waals surface area contributed by atoms with E-state index in [1.54, 1.807) is 14.0 Å². The molecule has 0 saturated carbocycles. The first-order chi connectivity index (χ1) is 12.1. The zero-order valence-corrected chi connectivity index (χ0v) is 17.3. The van der Waals surface area contributed by atoms with Gasteiger partial charge in [0, 0.05) is 12.6 Å². The highest BCUT2D eigenvalue weighted by molar-refractivity contribution is 6.33. The summed E-state index contributed by atoms with van der Waals surface area (Å²) in [4.78, 5) is 20.7. The molecule has 26 heavy (non-hydrogen) atoms. The molecule has 144 valence electrons. The molecule has 0 aliphatic rings. The lowest BCUT2D eigenvalue weighted by Crippen LogP contribution is -2.21. The number of hydrazine groups is 1. The van der Waals surface area contributed by atoms with Crippen LogP contribution in [-0.2, 0) is 12.5 Å². The fraction of sp³-hybridized carbons (Fsp3) is 0.421. The Balaban J connectivity index is 0.000000405. The van der Waals surface area contributed by atoms with Crippen LogP contribution in [0.3, 0.4) is 0 Å². The number of carbonyl (C=O) groups is 2. The molecular formula is C19H29ClN4O2. The zero-order chi connectivity index (χ0) is 20.3. The smallest absolute Gasteiger partial charge is 0.169 e. The minimum absolute atomic E-state index is 0.168. The number of nitrogens with zero attached hydrogens (tertiary/aromatic N) is 2. The summed E-state index contributed by atoms with van der Waals surface area (Å²) in [6, 6.07) is 7.72. The van der Waals surface area contributed by atoms with Crippen molar-refractivity contribution >= 4 is 24.2 Å². The lowest BCUT2D eigenvalue weighted by molar-refractivity contribution is 0.111. The Labute approximate surface area is 160 Å². The fourth-order valence-corrected chi connectivity index (χ4v) is 2.04. The third kappa shape index (κ3) is 7.91. The van der Waals surface area contributed by atoms with E-state index in [1.807, 2.05) is 38.4 Å². The number of hydrogen-bond acceptors (Lipinski definition) is 5. The number of nitrogens with one attached hydrogen (secondary N) is 2. The monoisotopic (exact) mass is 380 g/mol. The maximum Gasteiger partial charge on any atom is 0.169 e. The molecule has 1 heterocycles. The van der Waals surface area contributed by atoms with E-state index < -0.39 is 0 Å². The van der Waals surface area contributed by atoms with Gasteiger partial charge in [0.05, 0.1) is 10.7 Å². The summed E-state index contributed by atoms with van der Waals surface area (Å²) in [5.41, 5.74) is 8.64. The Morgan fingerprint density at radius 1 is 1.04 bits per heavy atom. The van der Waals surface area contributed by atoms with Gasteiger partial charge in [0.1, 0.15) is 12.0 Å². The second-order valence-electron chi connectivity index (χ2n) is 6.52. The lowest BCUT2D eigenvalue weighted by Gasteiger charge is -2.18. The normalized spacial score (nSPS) is 10.2. The van der Waals surface area contributed by atoms with Gasteiger partial charge < -0.3 is 0 Å². The van der Waals surface area contributed by atoms with Crippen molar-refractivity contribution < 1.29 is 9.59 Å². The molecule has 0 amide bonds. The first-order valence-electron chi connectivity index (χ1n) is 8.15. The predicted molar refractivity (Wildman–Crippen MR) is 107 cm³/mol. The highest BCUT2D eigenvalue weighted by atomic mass is 35.5. The molecule has 2 N–H and O–H groups in total. The minimum Gasteiger partial charge on any atom is -0.298 e. The minimum atomic E-state index is 0.168. The van der Waals surface area contributed by atoms with Gasteiger partial charge in [0.15, 0.2) is 6.29 Å². The van der Waals surface area contributed by atoms with Gasteiger partial charge in [-0.25, -0.2) is 0 Å². The second kappa shape index (κ2) is 11.6. The number of benzene rings is 1. The number of aryl methyl sites for hydroxylation is 2. The van der Waals surface area contributed by atoms with Gasteiger partial charge in [-0.2, -0.15) is 5.10 Å². The van der Waals surface area contributed by atoms with E-state index in [1.165, 1.54) is 10.2 Å². The van der Waals surface area contributed by atoms with Crippen molar-refractivity contribution in [2.75, 3.05) is 14.1 Å². The summed E-state index contributed by atoms with van der Waals surface area (Å²) in [6.07, 6.45) is 1.56. The third-order valence-corrected chi connectivity index (χ3v) is 3.93. The summed E-state index contributed by atoms with van der Waals surface area (Å²) < 4.78 is 1.46. The summed E-state index contributed by atoms with van der Waals surface area (Å²) in [5.74, 6) is 0. The van der Waals surface area contributed by atoms with Crippen molar-refractivity contribution in [3.05, 3.63) is 51.8 Å². The number of carbonyl (C=O) groups excluding carboxylic acids is 2. The van der Waals surface area contributed by atoms with E-state index in [0.717, 1.165) is 11.8 Å². The average molecular weight is 381 g/mol. The van der Waals surface area contributed by atoms with Gasteiger partial charge in [0.2, 0.25) is 0 Å². The largest absolute Gasteiger partial charge is 0.298 e. The van der Waals surface area contributed by atoms with Crippen molar-refractivity contribution in [2.24, 2.45) is 7.05 Å². The first kappa shape index (κ1) is 24.0. The molecule has 0 spiro atoms. The molecule has 0 bridgehead atoms. The molecule has 2 aromatic rings. The van der Waals surface area contributed by atoms with Crippen LogP contribution in [0.1, 0.15) is 52.9 Å². The van der Waals surface area contributed by atoms with Crippen LogP contribution in [-0.4, -0.2) is 36.4 Å². The SMILES string of the molecule is CC(C)(C)c1ccc(C=O)cc1.CNNC.Cc1nn(C)c(C=O)c1Cl. The molecule has 0 aliphatic carbocycles. The average Bonchev–Trinajstić information content (AvgIpc) is 2.86. The summed E-state index contributed by atoms with van der Waals surface area (Å²) in [5, 5.41) is 4.38. The number of halogens is 1. The van der Waals surface area contributed by atoms with Gasteiger partial charge in [-0.05, 0) is 32.0 Å². The second-order valence-corrected chi connectivity index (χ2v) is 6.89. The molecule has 6 nitrogen and oxygen atoms in total. The molecule has 7 heteroatoms. The van der Waals surface area contributed by atoms with Gasteiger partial charge in [-0.1, -0.05) is 56.6 Å². The van der Waals surface area contributed by atoms with E-state index in [2.05, 4.69) is 36.7 Å². The lowest BCUT2D eigenvalue weighted by atomic mass is 9.87. The Kier molecular flexibility index (Phi) is 10.7. The zero-order valence-electron chi connectivity index (χ0n) is 16.6. The Bertz CT molecular complexity index is 687. The number of rotatable bonds is 3. The van der Waals surface area contributed by atoms with Gasteiger partial charge in [0.25, 0.3) is 0 Å². The standard InChI is InChI=1S/C11H14O.C6H7ClN2O.C2H8N2/c1-11(2,3)10-6-4-9(8-12)5-7-10;1-4-6(7)5(3-10)9(2)8-4;1-3-4-2/h4-8H,1-3H3;3H,1-2H3;3-4H,1-2H3. The highest BCUT2D eigenvalue weighted by Crippen LogP contribution is 2.21. The van der Waals surface area contributed by atoms with E-state index in [4.69, 9.17) is 11.6 Å². The first-order valence-corrected chi connectivity index (χ1v) is 8.53. The van der Waals surface area contributed by atoms with Crippen LogP contribution >= 0.6 is 11.6 Å². The van der Waals surface area contributed by atoms with Crippen LogP contribution in [0.5, 0.6) is 0 Å². The predicted octanol–water partition coefficient (Wildman–Crippen LogP) is 3.33. The van der Waals surface area contributed by atoms with Crippen molar-refractivity contribution in [2.45, 2.75) is 33.1 Å². The Morgan fingerprint density at radius 2 is 1.54 bits per heavy atom. The van der Waals surface area contributed by atoms with Crippen molar-refractivity contribution in [1.82, 2.24) is 20.6 Å². The maximum atomic E-state index is 10.4. The molecule has 0 saturated heterocycles. The molecular weight excluding hydrogens is 352 g/mol. The van der Waals surface area contributed by atoms with Crippen LogP contribution in [0.2, 0.25) is 5.02 Å². The summed E-state index contributed by atoms with van der Waals surface area (Å²) in [6.45, 7) is 8.23. The van der Waals surface area contributed by atoms with Gasteiger partial charge >= 0.3 is 0 Å². The van der Waals surface area contributed by atoms with Crippen LogP contribution in [0.15, 0.2) is 24.3 Å². The highest BCUT2D eigenvalue weighted by Gasteiger charge is 2.12. The van der Waals surface area contributed by atoms with E-state index in [0.29, 0.717) is 22.7 Å². The van der Waals surface area contributed by atoms with Gasteiger partial charge in [-0.3, -0.25) is 25.1 Å². The maximum absolute atomic E-state index is 10.4. The molecule has 0 atom stereocenters. The topological polar surface area (TPSA) is 76.0 Å². The van der Waals surface area contributed by atoms with Gasteiger partial charge in [-0.15, -0.1) is 0 Å². The quantitative estimate of drug-likeness (QED) is 0.631. The van der Waals surface area contributed by atoms with E-state index in [-0.39, 0.29) is 5.41 Å². The molecule has 0 unspecified atom stereocenters. The fourth-order valence-electron chi connectivity index (χ4n) is 1.84. The Morgan fingerprint density at radius 3 is 1.77 bits per heavy atom. The molecule has 1 aromatic heterocycles. The number of hydrogen-bond donors (Lipinski definition) is 2. The van der Waals surface area contributed by atoms with Crippen LogP contribution in [0.4, 0.5) is 0 Å². The van der Waals surface area contributed by atoms with E-state index >= 15 is 0 Å². The third-order valence-electron chi connectivity index (χ3n) is 3.47. The molecule has 2 rings (SSSR count). The number of aromatic nitrogens is 2. The molecule has 1 aromatic carbocycles. The molecule has 0 radical (unpaired) electrons. The van der Waals surface area contributed by atoms with E-state index in [9.17, 15) is 9.59 Å². The van der Waals surface area contributed by atoms with Crippen molar-refractivity contribution in [1.29, 1.82) is 0 Å². The molecule has 0 aliphatic heterocycles. The Hall–Kier alpha value is -2.02. The van der Waals surface area contributed by atoms with Crippen LogP contribution in [0.25, 0.3) is 0 Å². The van der Waals surface area contributed by atoms with Crippen LogP contribution in [0, 0.1) is 6.92 Å². The number of aldehydes is 2. The van der Waals surface area contributed by atoms with Crippen LogP contribution < -0.4 is 10.9 Å². The molecule has 0 fully saturated rings. The summed E-state index contributed by atoms with van der Waals surface area (Å²) in [7, 11) is 5.32.